The molecule has 152 valence electrons. The quantitative estimate of drug-likeness (QED) is 0.572. The Kier molecular flexibility index (Phi) is 7.04. The number of hydrogen-bond donors (Lipinski definition) is 2. The molecular formula is C16H24F3N5O2S. The molecule has 0 amide bonds. The van der Waals surface area contributed by atoms with E-state index in [0.29, 0.717) is 36.2 Å². The number of pyridine rings is 1. The van der Waals surface area contributed by atoms with E-state index in [1.165, 1.54) is 0 Å². The zero-order valence-electron chi connectivity index (χ0n) is 15.3. The summed E-state index contributed by atoms with van der Waals surface area (Å²) in [5.41, 5.74) is -3.46. The molecule has 11 heteroatoms. The molecule has 1 aliphatic heterocycles. The molecule has 0 unspecified atom stereocenters. The standard InChI is InChI=1S/C16H24F3N5O2S/c1-12-4-3-5-14(23-12)11-22-15(20-2)21-10-13-6-8-24(9-7-13)27(25,26)16(17,18)19/h3-5,13H,6-11H2,1-2H3,(H2,20,21,22). The second kappa shape index (κ2) is 8.87. The van der Waals surface area contributed by atoms with Gasteiger partial charge < -0.3 is 10.6 Å². The van der Waals surface area contributed by atoms with E-state index in [4.69, 9.17) is 0 Å². The zero-order valence-corrected chi connectivity index (χ0v) is 16.1. The third-order valence-electron chi connectivity index (χ3n) is 4.37. The maximum Gasteiger partial charge on any atom is 0.511 e. The lowest BCUT2D eigenvalue weighted by molar-refractivity contribution is -0.0496. The molecule has 2 N–H and O–H groups in total. The highest BCUT2D eigenvalue weighted by Gasteiger charge is 2.50. The number of aliphatic imine (C=N–C) groups is 1. The molecule has 0 spiro atoms. The van der Waals surface area contributed by atoms with Gasteiger partial charge in [-0.2, -0.15) is 17.5 Å². The van der Waals surface area contributed by atoms with E-state index in [1.54, 1.807) is 7.05 Å². The van der Waals surface area contributed by atoms with Gasteiger partial charge in [0.1, 0.15) is 0 Å². The lowest BCUT2D eigenvalue weighted by atomic mass is 9.98. The predicted octanol–water partition coefficient (Wildman–Crippen LogP) is 1.62. The van der Waals surface area contributed by atoms with Crippen molar-refractivity contribution in [3.05, 3.63) is 29.6 Å². The molecule has 0 aromatic carbocycles. The lowest BCUT2D eigenvalue weighted by Gasteiger charge is -2.31. The number of guanidine groups is 1. The van der Waals surface area contributed by atoms with Gasteiger partial charge in [0, 0.05) is 32.4 Å². The Hall–Kier alpha value is -1.88. The van der Waals surface area contributed by atoms with Crippen LogP contribution < -0.4 is 10.6 Å². The number of alkyl halides is 3. The van der Waals surface area contributed by atoms with Crippen LogP contribution in [0, 0.1) is 12.8 Å². The van der Waals surface area contributed by atoms with E-state index >= 15 is 0 Å². The summed E-state index contributed by atoms with van der Waals surface area (Å²) >= 11 is 0. The number of nitrogens with one attached hydrogen (secondary N) is 2. The van der Waals surface area contributed by atoms with Crippen LogP contribution in [0.15, 0.2) is 23.2 Å². The van der Waals surface area contributed by atoms with Crippen molar-refractivity contribution in [2.45, 2.75) is 31.8 Å². The Balaban J connectivity index is 1.78. The minimum Gasteiger partial charge on any atom is -0.356 e. The Bertz CT molecular complexity index is 760. The van der Waals surface area contributed by atoms with Crippen molar-refractivity contribution in [2.24, 2.45) is 10.9 Å². The van der Waals surface area contributed by atoms with E-state index in [-0.39, 0.29) is 19.0 Å². The normalized spacial score (nSPS) is 17.7. The van der Waals surface area contributed by atoms with Crippen molar-refractivity contribution >= 4 is 16.0 Å². The van der Waals surface area contributed by atoms with Crippen LogP contribution in [0.1, 0.15) is 24.2 Å². The summed E-state index contributed by atoms with van der Waals surface area (Å²) in [4.78, 5) is 8.49. The van der Waals surface area contributed by atoms with Crippen LogP contribution in [0.25, 0.3) is 0 Å². The van der Waals surface area contributed by atoms with Crippen LogP contribution in [0.2, 0.25) is 0 Å². The summed E-state index contributed by atoms with van der Waals surface area (Å²) in [7, 11) is -3.61. The van der Waals surface area contributed by atoms with Crippen LogP contribution in [0.4, 0.5) is 13.2 Å². The van der Waals surface area contributed by atoms with Gasteiger partial charge in [0.2, 0.25) is 0 Å². The molecule has 0 bridgehead atoms. The Labute approximate surface area is 157 Å². The molecule has 1 aromatic heterocycles. The number of hydrogen-bond acceptors (Lipinski definition) is 4. The van der Waals surface area contributed by atoms with Gasteiger partial charge in [-0.25, -0.2) is 8.42 Å². The summed E-state index contributed by atoms with van der Waals surface area (Å²) in [5, 5.41) is 6.26. The monoisotopic (exact) mass is 407 g/mol. The SMILES string of the molecule is CN=C(NCc1cccc(C)n1)NCC1CCN(S(=O)(=O)C(F)(F)F)CC1. The van der Waals surface area contributed by atoms with Gasteiger partial charge in [0.25, 0.3) is 0 Å². The Morgan fingerprint density at radius 2 is 1.96 bits per heavy atom. The maximum absolute atomic E-state index is 12.6. The van der Waals surface area contributed by atoms with Crippen LogP contribution in [-0.2, 0) is 16.6 Å². The van der Waals surface area contributed by atoms with Gasteiger partial charge in [0.15, 0.2) is 5.96 Å². The number of sulfonamides is 1. The predicted molar refractivity (Wildman–Crippen MR) is 96.4 cm³/mol. The van der Waals surface area contributed by atoms with Crippen LogP contribution in [-0.4, -0.2) is 55.9 Å². The van der Waals surface area contributed by atoms with Crippen LogP contribution in [0.3, 0.4) is 0 Å². The summed E-state index contributed by atoms with van der Waals surface area (Å²) in [6.45, 7) is 2.63. The molecule has 0 atom stereocenters. The highest BCUT2D eigenvalue weighted by molar-refractivity contribution is 7.90. The van der Waals surface area contributed by atoms with E-state index in [2.05, 4.69) is 20.6 Å². The number of nitrogens with zero attached hydrogens (tertiary/aromatic N) is 3. The number of halogens is 3. The average Bonchev–Trinajstić information content (AvgIpc) is 2.61. The van der Waals surface area contributed by atoms with Gasteiger partial charge in [-0.3, -0.25) is 9.98 Å². The van der Waals surface area contributed by atoms with Crippen molar-refractivity contribution < 1.29 is 21.6 Å². The first-order valence-corrected chi connectivity index (χ1v) is 10.0. The molecule has 0 aliphatic carbocycles. The topological polar surface area (TPSA) is 86.7 Å². The minimum absolute atomic E-state index is 0.0697. The average molecular weight is 407 g/mol. The Morgan fingerprint density at radius 1 is 1.30 bits per heavy atom. The van der Waals surface area contributed by atoms with Crippen molar-refractivity contribution in [2.75, 3.05) is 26.7 Å². The van der Waals surface area contributed by atoms with Gasteiger partial charge in [0.05, 0.1) is 12.2 Å². The van der Waals surface area contributed by atoms with E-state index in [9.17, 15) is 21.6 Å². The highest BCUT2D eigenvalue weighted by atomic mass is 32.2. The zero-order chi connectivity index (χ0) is 20.1. The molecule has 0 radical (unpaired) electrons. The third kappa shape index (κ3) is 5.80. The van der Waals surface area contributed by atoms with Crippen molar-refractivity contribution in [3.63, 3.8) is 0 Å². The van der Waals surface area contributed by atoms with E-state index in [0.717, 1.165) is 11.4 Å². The fraction of sp³-hybridized carbons (Fsp3) is 0.625. The van der Waals surface area contributed by atoms with Crippen LogP contribution in [0.5, 0.6) is 0 Å². The van der Waals surface area contributed by atoms with Crippen molar-refractivity contribution in [3.8, 4) is 0 Å². The minimum atomic E-state index is -5.24. The molecule has 1 saturated heterocycles. The largest absolute Gasteiger partial charge is 0.511 e. The van der Waals surface area contributed by atoms with E-state index in [1.807, 2.05) is 25.1 Å². The molecule has 0 saturated carbocycles. The molecule has 27 heavy (non-hydrogen) atoms. The number of piperidine rings is 1. The second-order valence-corrected chi connectivity index (χ2v) is 8.30. The maximum atomic E-state index is 12.6. The lowest BCUT2D eigenvalue weighted by Crippen LogP contribution is -2.47. The smallest absolute Gasteiger partial charge is 0.356 e. The van der Waals surface area contributed by atoms with Gasteiger partial charge in [-0.1, -0.05) is 6.07 Å². The summed E-state index contributed by atoms with van der Waals surface area (Å²) in [6.07, 6.45) is 0.720. The third-order valence-corrected chi connectivity index (χ3v) is 6.00. The fourth-order valence-corrected chi connectivity index (χ4v) is 3.82. The highest BCUT2D eigenvalue weighted by Crippen LogP contribution is 2.30. The van der Waals surface area contributed by atoms with Crippen LogP contribution >= 0.6 is 0 Å². The number of aromatic nitrogens is 1. The van der Waals surface area contributed by atoms with Gasteiger partial charge in [-0.15, -0.1) is 0 Å². The molecule has 2 rings (SSSR count). The first-order chi connectivity index (χ1) is 12.6. The van der Waals surface area contributed by atoms with E-state index < -0.39 is 15.5 Å². The molecule has 1 fully saturated rings. The molecular weight excluding hydrogens is 383 g/mol. The Morgan fingerprint density at radius 3 is 2.52 bits per heavy atom. The number of aryl methyl sites for hydroxylation is 1. The molecule has 7 nitrogen and oxygen atoms in total. The second-order valence-electron chi connectivity index (χ2n) is 6.37. The summed E-state index contributed by atoms with van der Waals surface area (Å²) in [6, 6.07) is 5.71. The number of rotatable bonds is 5. The molecule has 1 aliphatic rings. The van der Waals surface area contributed by atoms with Gasteiger partial charge in [-0.05, 0) is 37.8 Å². The van der Waals surface area contributed by atoms with Crippen molar-refractivity contribution in [1.29, 1.82) is 0 Å². The first-order valence-electron chi connectivity index (χ1n) is 8.57. The first kappa shape index (κ1) is 21.4. The fourth-order valence-electron chi connectivity index (χ4n) is 2.83. The molecule has 2 heterocycles. The summed E-state index contributed by atoms with van der Waals surface area (Å²) < 4.78 is 61.1. The summed E-state index contributed by atoms with van der Waals surface area (Å²) in [5.74, 6) is 0.629. The molecule has 1 aromatic rings. The van der Waals surface area contributed by atoms with Gasteiger partial charge >= 0.3 is 15.5 Å². The van der Waals surface area contributed by atoms with Crippen molar-refractivity contribution in [1.82, 2.24) is 19.9 Å².